The third-order valence-electron chi connectivity index (χ3n) is 14.4. The van der Waals surface area contributed by atoms with Gasteiger partial charge in [-0.05, 0) is 123 Å². The average Bonchev–Trinajstić information content (AvgIpc) is 1.55. The zero-order valence-corrected chi connectivity index (χ0v) is 56.9. The molecule has 2 aliphatic heterocycles. The van der Waals surface area contributed by atoms with Crippen LogP contribution in [-0.4, -0.2) is 79.8 Å². The molecule has 0 unspecified atom stereocenters. The van der Waals surface area contributed by atoms with Crippen LogP contribution in [0, 0.1) is 0 Å². The third kappa shape index (κ3) is 13.8. The molecule has 28 heteroatoms. The molecule has 8 bridgehead atoms. The molecule has 0 aliphatic carbocycles. The number of H-pyrrole nitrogens is 2. The second-order valence-corrected chi connectivity index (χ2v) is 30.5. The van der Waals surface area contributed by atoms with Crippen LogP contribution in [0.1, 0.15) is 102 Å². The summed E-state index contributed by atoms with van der Waals surface area (Å²) in [6, 6.07) is 17.3. The molecule has 5 heterocycles. The largest absolute Gasteiger partial charge is 0.354 e. The van der Waals surface area contributed by atoms with Crippen molar-refractivity contribution in [1.29, 1.82) is 0 Å². The summed E-state index contributed by atoms with van der Waals surface area (Å²) in [5, 5.41) is -1.11. The molecule has 0 fully saturated rings. The molecule has 0 spiro atoms. The number of hydrogen-bond acceptors (Lipinski definition) is 10. The van der Waals surface area contributed by atoms with Crippen LogP contribution in [0.3, 0.4) is 0 Å². The molecule has 466 valence electrons. The Morgan fingerprint density at radius 3 is 0.716 bits per heavy atom. The highest BCUT2D eigenvalue weighted by atomic mass is 35.5. The lowest BCUT2D eigenvalue weighted by Crippen LogP contribution is -2.25. The van der Waals surface area contributed by atoms with Crippen molar-refractivity contribution in [2.45, 2.75) is 98.6 Å². The summed E-state index contributed by atoms with van der Waals surface area (Å²) in [5.41, 5.74) is 2.03. The lowest BCUT2D eigenvalue weighted by Gasteiger charge is -2.15. The monoisotopic (exact) mass is 1430 g/mol. The summed E-state index contributed by atoms with van der Waals surface area (Å²) in [7, 11) is -17.1. The number of unbranched alkanes of at least 4 members (excludes halogenated alkanes) is 4. The van der Waals surface area contributed by atoms with E-state index in [1.807, 2.05) is 27.7 Å². The molecule has 16 nitrogen and oxygen atoms in total. The SMILES string of the molecule is CCCCNS(=O)(=O)c1ccc(Cl)c(-c2c3nc(c(-c4c(Cl)ccc(S(=O)(=O)NCCCC)c4Cl)c4ccc([nH]4)c(-c4c(Cl)ccc(S(=O)(=O)NCCCC)c4Cl)c4nc(c(-c5c(Cl)ccc(S(=O)(=O)NCCCC)c5Cl)c5ccc2[nH]5)C=C4)C=C3)c1Cl. The number of aromatic nitrogens is 4. The zero-order valence-electron chi connectivity index (χ0n) is 47.5. The number of rotatable bonds is 24. The molecule has 0 atom stereocenters. The first kappa shape index (κ1) is 67.8. The van der Waals surface area contributed by atoms with Crippen molar-refractivity contribution >= 4 is 179 Å². The van der Waals surface area contributed by atoms with Gasteiger partial charge in [-0.15, -0.1) is 0 Å². The van der Waals surface area contributed by atoms with Gasteiger partial charge in [-0.25, -0.2) is 62.5 Å². The van der Waals surface area contributed by atoms with E-state index in [9.17, 15) is 33.7 Å². The van der Waals surface area contributed by atoms with Crippen LogP contribution in [0.5, 0.6) is 0 Å². The van der Waals surface area contributed by atoms with Gasteiger partial charge in [-0.2, -0.15) is 0 Å². The van der Waals surface area contributed by atoms with Gasteiger partial charge < -0.3 is 9.97 Å². The van der Waals surface area contributed by atoms with Crippen molar-refractivity contribution in [3.63, 3.8) is 0 Å². The van der Waals surface area contributed by atoms with Crippen molar-refractivity contribution < 1.29 is 33.7 Å². The topological polar surface area (TPSA) is 242 Å². The number of nitrogens with zero attached hydrogens (tertiary/aromatic N) is 2. The molecule has 3 aromatic heterocycles. The summed E-state index contributed by atoms with van der Waals surface area (Å²) >= 11 is 58.1. The number of halogens is 8. The first-order valence-corrected chi connectivity index (χ1v) is 36.9. The van der Waals surface area contributed by atoms with E-state index in [0.29, 0.717) is 51.4 Å². The molecule has 2 aliphatic rings. The van der Waals surface area contributed by atoms with Crippen molar-refractivity contribution in [1.82, 2.24) is 38.8 Å². The summed E-state index contributed by atoms with van der Waals surface area (Å²) in [6.07, 6.45) is 11.3. The Bertz CT molecular complexity index is 4080. The molecular weight excluding hydrogens is 1370 g/mol. The number of sulfonamides is 4. The molecule has 0 saturated heterocycles. The van der Waals surface area contributed by atoms with Crippen molar-refractivity contribution in [3.05, 3.63) is 136 Å². The van der Waals surface area contributed by atoms with Gasteiger partial charge in [0.25, 0.3) is 0 Å². The molecule has 9 rings (SSSR count). The Balaban J connectivity index is 1.52. The minimum atomic E-state index is -4.28. The summed E-state index contributed by atoms with van der Waals surface area (Å²) in [5.74, 6) is 0. The molecule has 0 radical (unpaired) electrons. The van der Waals surface area contributed by atoms with Gasteiger partial charge in [0.1, 0.15) is 19.6 Å². The highest BCUT2D eigenvalue weighted by Crippen LogP contribution is 2.49. The fourth-order valence-electron chi connectivity index (χ4n) is 9.98. The highest BCUT2D eigenvalue weighted by molar-refractivity contribution is 7.90. The van der Waals surface area contributed by atoms with Crippen LogP contribution in [0.15, 0.2) is 92.4 Å². The molecule has 7 aromatic rings. The normalized spacial score (nSPS) is 12.9. The lowest BCUT2D eigenvalue weighted by atomic mass is 10.0. The second-order valence-electron chi connectivity index (χ2n) is 20.4. The Morgan fingerprint density at radius 1 is 0.318 bits per heavy atom. The maximum Gasteiger partial charge on any atom is 0.242 e. The fourth-order valence-corrected chi connectivity index (χ4v) is 18.1. The van der Waals surface area contributed by atoms with Crippen LogP contribution in [-0.2, 0) is 40.1 Å². The number of aromatic amines is 2. The van der Waals surface area contributed by atoms with E-state index in [-0.39, 0.29) is 175 Å². The van der Waals surface area contributed by atoms with Gasteiger partial charge in [-0.1, -0.05) is 146 Å². The lowest BCUT2D eigenvalue weighted by molar-refractivity contribution is 0.576. The van der Waals surface area contributed by atoms with Crippen LogP contribution >= 0.6 is 92.8 Å². The van der Waals surface area contributed by atoms with Gasteiger partial charge >= 0.3 is 0 Å². The molecule has 0 amide bonds. The van der Waals surface area contributed by atoms with E-state index in [4.69, 9.17) is 103 Å². The Labute approximate surface area is 552 Å². The molecule has 0 saturated carbocycles. The molecule has 6 N–H and O–H groups in total. The van der Waals surface area contributed by atoms with E-state index in [2.05, 4.69) is 28.9 Å². The Morgan fingerprint density at radius 2 is 0.523 bits per heavy atom. The van der Waals surface area contributed by atoms with Crippen LogP contribution in [0.2, 0.25) is 40.2 Å². The number of benzene rings is 4. The summed E-state index contributed by atoms with van der Waals surface area (Å²) in [6.45, 7) is 8.11. The quantitative estimate of drug-likeness (QED) is 0.0313. The van der Waals surface area contributed by atoms with Crippen LogP contribution in [0.4, 0.5) is 0 Å². The number of nitrogens with one attached hydrogen (secondary N) is 6. The van der Waals surface area contributed by atoms with Crippen molar-refractivity contribution in [2.24, 2.45) is 0 Å². The molecule has 88 heavy (non-hydrogen) atoms. The smallest absolute Gasteiger partial charge is 0.242 e. The fraction of sp³-hybridized carbons (Fsp3) is 0.267. The predicted molar refractivity (Wildman–Crippen MR) is 361 cm³/mol. The molecular formula is C60H58Cl8N8O8S4. The van der Waals surface area contributed by atoms with Gasteiger partial charge in [-0.3, -0.25) is 0 Å². The number of fused-ring (bicyclic) bond motifs is 8. The predicted octanol–water partition coefficient (Wildman–Crippen LogP) is 16.9. The van der Waals surface area contributed by atoms with E-state index in [0.717, 1.165) is 0 Å². The number of hydrogen-bond donors (Lipinski definition) is 6. The maximum absolute atomic E-state index is 14.1. The highest BCUT2D eigenvalue weighted by Gasteiger charge is 2.32. The van der Waals surface area contributed by atoms with E-state index in [1.54, 1.807) is 48.6 Å². The average molecular weight is 1430 g/mol. The third-order valence-corrected chi connectivity index (χ3v) is 23.7. The van der Waals surface area contributed by atoms with Crippen LogP contribution < -0.4 is 18.9 Å². The maximum atomic E-state index is 14.1. The minimum absolute atomic E-state index is 0.000471. The van der Waals surface area contributed by atoms with Gasteiger partial charge in [0, 0.05) is 92.8 Å². The first-order valence-electron chi connectivity index (χ1n) is 27.9. The van der Waals surface area contributed by atoms with Gasteiger partial charge in [0.2, 0.25) is 40.1 Å². The van der Waals surface area contributed by atoms with Crippen molar-refractivity contribution in [2.75, 3.05) is 26.2 Å². The first-order chi connectivity index (χ1) is 41.8. The van der Waals surface area contributed by atoms with Crippen LogP contribution in [0.25, 0.3) is 90.9 Å². The Kier molecular flexibility index (Phi) is 21.7. The Hall–Kier alpha value is -4.56. The summed E-state index contributed by atoms with van der Waals surface area (Å²) < 4.78 is 124. The minimum Gasteiger partial charge on any atom is -0.354 e. The van der Waals surface area contributed by atoms with Crippen molar-refractivity contribution in [3.8, 4) is 44.5 Å². The van der Waals surface area contributed by atoms with E-state index >= 15 is 0 Å². The van der Waals surface area contributed by atoms with E-state index in [1.165, 1.54) is 48.5 Å². The van der Waals surface area contributed by atoms with Gasteiger partial charge in [0.05, 0.1) is 63.0 Å². The summed E-state index contributed by atoms with van der Waals surface area (Å²) in [4.78, 5) is 16.1. The standard InChI is InChI=1S/C60H58Cl8N8O8S4/c1-5-9-29-69-85(77,78)45-25-13-33(61)49(57(45)65)53-37-17-19-39(73-37)54(50-34(62)14-26-46(58(50)66)86(79,80)70-30-10-6-2)41-21-23-43(75-41)56(52-36(64)16-28-48(60(52)68)88(83,84)72-32-12-8-4)44-24-22-42(76-44)55(40-20-18-38(53)74-40)51-35(63)15-27-47(59(51)67)87(81,82)71-31-11-7-3/h13-28,69-73,76H,5-12,29-32H2,1-4H3. The zero-order chi connectivity index (χ0) is 63.6. The molecule has 4 aromatic carbocycles. The van der Waals surface area contributed by atoms with Gasteiger partial charge in [0.15, 0.2) is 0 Å². The second kappa shape index (κ2) is 28.1. The van der Waals surface area contributed by atoms with E-state index < -0.39 is 40.1 Å².